The molecule has 1 unspecified atom stereocenters. The summed E-state index contributed by atoms with van der Waals surface area (Å²) in [5.41, 5.74) is 1.38. The van der Waals surface area contributed by atoms with Crippen LogP contribution >= 0.6 is 27.7 Å². The van der Waals surface area contributed by atoms with E-state index in [1.165, 1.54) is 22.6 Å². The van der Waals surface area contributed by atoms with Gasteiger partial charge in [-0.05, 0) is 55.8 Å². The molecule has 0 aliphatic heterocycles. The quantitative estimate of drug-likeness (QED) is 0.752. The first-order valence-electron chi connectivity index (χ1n) is 6.14. The molecule has 96 valence electrons. The maximum Gasteiger partial charge on any atom is 0.0300 e. The molecular weight excluding hydrogens is 294 g/mol. The molecule has 0 saturated heterocycles. The fraction of sp³-hybridized carbons (Fsp3) is 0.571. The van der Waals surface area contributed by atoms with E-state index >= 15 is 0 Å². The van der Waals surface area contributed by atoms with Crippen LogP contribution in [-0.2, 0) is 0 Å². The second-order valence-electron chi connectivity index (χ2n) is 4.72. The minimum absolute atomic E-state index is 0.397. The fourth-order valence-electron chi connectivity index (χ4n) is 1.55. The standard InChI is InChI=1S/C14H22BrNS/c1-10(2)7-8-17-14-6-5-12(15)9-13(14)11(3)16-4/h5-6,9-11,16H,7-8H2,1-4H3. The molecule has 0 heterocycles. The molecule has 0 bridgehead atoms. The highest BCUT2D eigenvalue weighted by molar-refractivity contribution is 9.10. The lowest BCUT2D eigenvalue weighted by Gasteiger charge is -2.16. The lowest BCUT2D eigenvalue weighted by atomic mass is 10.1. The van der Waals surface area contributed by atoms with Gasteiger partial charge < -0.3 is 5.32 Å². The number of hydrogen-bond acceptors (Lipinski definition) is 2. The Hall–Kier alpha value is 0.01000. The Morgan fingerprint density at radius 1 is 1.29 bits per heavy atom. The first-order chi connectivity index (χ1) is 8.04. The summed E-state index contributed by atoms with van der Waals surface area (Å²) in [6, 6.07) is 6.97. The predicted octanol–water partition coefficient (Wildman–Crippen LogP) is 4.87. The minimum Gasteiger partial charge on any atom is -0.313 e. The topological polar surface area (TPSA) is 12.0 Å². The van der Waals surface area contributed by atoms with Gasteiger partial charge in [0, 0.05) is 15.4 Å². The fourth-order valence-corrected chi connectivity index (χ4v) is 3.30. The van der Waals surface area contributed by atoms with Crippen molar-refractivity contribution < 1.29 is 0 Å². The lowest BCUT2D eigenvalue weighted by Crippen LogP contribution is -2.13. The Bertz CT molecular complexity index is 352. The summed E-state index contributed by atoms with van der Waals surface area (Å²) < 4.78 is 1.16. The molecule has 0 aliphatic rings. The first kappa shape index (κ1) is 15.1. The van der Waals surface area contributed by atoms with Crippen LogP contribution in [0.5, 0.6) is 0 Å². The van der Waals surface area contributed by atoms with Crippen molar-refractivity contribution in [1.82, 2.24) is 5.32 Å². The van der Waals surface area contributed by atoms with E-state index in [0.717, 1.165) is 10.4 Å². The number of hydrogen-bond donors (Lipinski definition) is 1. The summed E-state index contributed by atoms with van der Waals surface area (Å²) in [4.78, 5) is 1.40. The minimum atomic E-state index is 0.397. The lowest BCUT2D eigenvalue weighted by molar-refractivity contribution is 0.630. The van der Waals surface area contributed by atoms with Crippen LogP contribution in [0.1, 0.15) is 38.8 Å². The van der Waals surface area contributed by atoms with E-state index in [4.69, 9.17) is 0 Å². The molecule has 1 aromatic rings. The highest BCUT2D eigenvalue weighted by Gasteiger charge is 2.10. The van der Waals surface area contributed by atoms with Crippen LogP contribution in [0, 0.1) is 5.92 Å². The maximum absolute atomic E-state index is 3.55. The van der Waals surface area contributed by atoms with Crippen LogP contribution in [-0.4, -0.2) is 12.8 Å². The molecule has 0 spiro atoms. The summed E-state index contributed by atoms with van der Waals surface area (Å²) in [6.45, 7) is 6.76. The van der Waals surface area contributed by atoms with Crippen LogP contribution < -0.4 is 5.32 Å². The highest BCUT2D eigenvalue weighted by Crippen LogP contribution is 2.31. The van der Waals surface area contributed by atoms with E-state index in [0.29, 0.717) is 6.04 Å². The van der Waals surface area contributed by atoms with Crippen molar-refractivity contribution in [2.45, 2.75) is 38.1 Å². The first-order valence-corrected chi connectivity index (χ1v) is 7.92. The number of rotatable bonds is 6. The van der Waals surface area contributed by atoms with Crippen LogP contribution in [0.2, 0.25) is 0 Å². The summed E-state index contributed by atoms with van der Waals surface area (Å²) in [7, 11) is 2.01. The summed E-state index contributed by atoms with van der Waals surface area (Å²) in [6.07, 6.45) is 1.27. The van der Waals surface area contributed by atoms with E-state index in [9.17, 15) is 0 Å². The van der Waals surface area contributed by atoms with Crippen molar-refractivity contribution in [3.8, 4) is 0 Å². The van der Waals surface area contributed by atoms with Gasteiger partial charge in [0.25, 0.3) is 0 Å². The second kappa shape index (κ2) is 7.45. The van der Waals surface area contributed by atoms with Crippen molar-refractivity contribution in [3.63, 3.8) is 0 Å². The molecule has 1 N–H and O–H groups in total. The zero-order valence-corrected chi connectivity index (χ0v) is 13.5. The van der Waals surface area contributed by atoms with Crippen molar-refractivity contribution in [2.24, 2.45) is 5.92 Å². The molecule has 0 fully saturated rings. The number of thioether (sulfide) groups is 1. The molecule has 0 saturated carbocycles. The van der Waals surface area contributed by atoms with Gasteiger partial charge >= 0.3 is 0 Å². The molecule has 0 aliphatic carbocycles. The Morgan fingerprint density at radius 3 is 2.59 bits per heavy atom. The Balaban J connectivity index is 2.76. The molecule has 1 rings (SSSR count). The number of nitrogens with one attached hydrogen (secondary N) is 1. The molecule has 0 radical (unpaired) electrons. The largest absolute Gasteiger partial charge is 0.313 e. The Morgan fingerprint density at radius 2 is 2.00 bits per heavy atom. The third kappa shape index (κ3) is 5.02. The SMILES string of the molecule is CNC(C)c1cc(Br)ccc1SCCC(C)C. The van der Waals surface area contributed by atoms with Crippen LogP contribution in [0.3, 0.4) is 0 Å². The van der Waals surface area contributed by atoms with Crippen LogP contribution in [0.15, 0.2) is 27.6 Å². The molecule has 1 atom stereocenters. The van der Waals surface area contributed by atoms with E-state index in [-0.39, 0.29) is 0 Å². The maximum atomic E-state index is 3.55. The zero-order valence-electron chi connectivity index (χ0n) is 11.1. The predicted molar refractivity (Wildman–Crippen MR) is 81.8 cm³/mol. The van der Waals surface area contributed by atoms with E-state index in [2.05, 4.69) is 60.2 Å². The van der Waals surface area contributed by atoms with Gasteiger partial charge in [0.05, 0.1) is 0 Å². The zero-order chi connectivity index (χ0) is 12.8. The van der Waals surface area contributed by atoms with Crippen molar-refractivity contribution >= 4 is 27.7 Å². The molecule has 17 heavy (non-hydrogen) atoms. The third-order valence-electron chi connectivity index (χ3n) is 2.82. The van der Waals surface area contributed by atoms with E-state index in [1.54, 1.807) is 0 Å². The van der Waals surface area contributed by atoms with Gasteiger partial charge in [-0.15, -0.1) is 11.8 Å². The van der Waals surface area contributed by atoms with Crippen molar-refractivity contribution in [2.75, 3.05) is 12.8 Å². The van der Waals surface area contributed by atoms with Crippen LogP contribution in [0.4, 0.5) is 0 Å². The average Bonchev–Trinajstić information content (AvgIpc) is 2.29. The summed E-state index contributed by atoms with van der Waals surface area (Å²) >= 11 is 5.52. The van der Waals surface area contributed by atoms with Gasteiger partial charge in [-0.3, -0.25) is 0 Å². The van der Waals surface area contributed by atoms with Gasteiger partial charge in [0.15, 0.2) is 0 Å². The monoisotopic (exact) mass is 315 g/mol. The average molecular weight is 316 g/mol. The Labute approximate surface area is 118 Å². The molecule has 1 nitrogen and oxygen atoms in total. The van der Waals surface area contributed by atoms with Crippen LogP contribution in [0.25, 0.3) is 0 Å². The third-order valence-corrected chi connectivity index (χ3v) is 4.44. The normalized spacial score (nSPS) is 13.1. The van der Waals surface area contributed by atoms with Gasteiger partial charge in [-0.25, -0.2) is 0 Å². The molecule has 1 aromatic carbocycles. The van der Waals surface area contributed by atoms with E-state index < -0.39 is 0 Å². The van der Waals surface area contributed by atoms with Gasteiger partial charge in [0.1, 0.15) is 0 Å². The second-order valence-corrected chi connectivity index (χ2v) is 6.78. The molecule has 3 heteroatoms. The van der Waals surface area contributed by atoms with E-state index in [1.807, 2.05) is 18.8 Å². The Kier molecular flexibility index (Phi) is 6.60. The van der Waals surface area contributed by atoms with Crippen molar-refractivity contribution in [3.05, 3.63) is 28.2 Å². The molecule has 0 aromatic heterocycles. The smallest absolute Gasteiger partial charge is 0.0300 e. The van der Waals surface area contributed by atoms with Crippen molar-refractivity contribution in [1.29, 1.82) is 0 Å². The van der Waals surface area contributed by atoms with Gasteiger partial charge in [-0.1, -0.05) is 29.8 Å². The number of benzene rings is 1. The summed E-state index contributed by atoms with van der Waals surface area (Å²) in [5, 5.41) is 3.31. The number of halogens is 1. The summed E-state index contributed by atoms with van der Waals surface area (Å²) in [5.74, 6) is 1.98. The highest BCUT2D eigenvalue weighted by atomic mass is 79.9. The molecular formula is C14H22BrNS. The van der Waals surface area contributed by atoms with Gasteiger partial charge in [-0.2, -0.15) is 0 Å². The van der Waals surface area contributed by atoms with Gasteiger partial charge in [0.2, 0.25) is 0 Å². The molecule has 0 amide bonds.